The summed E-state index contributed by atoms with van der Waals surface area (Å²) in [6, 6.07) is 5.84. The van der Waals surface area contributed by atoms with E-state index in [1.165, 1.54) is 12.1 Å². The molecule has 1 atom stereocenters. The van der Waals surface area contributed by atoms with Crippen molar-refractivity contribution >= 4 is 17.0 Å². The van der Waals surface area contributed by atoms with Gasteiger partial charge in [0, 0.05) is 5.56 Å². The van der Waals surface area contributed by atoms with Crippen LogP contribution in [0.4, 0.5) is 10.2 Å². The Hall–Kier alpha value is -3.06. The van der Waals surface area contributed by atoms with Crippen molar-refractivity contribution in [3.63, 3.8) is 0 Å². The number of nitrogen functional groups attached to an aromatic ring is 1. The summed E-state index contributed by atoms with van der Waals surface area (Å²) in [6.07, 6.45) is 1.94. The predicted molar refractivity (Wildman–Crippen MR) is 109 cm³/mol. The summed E-state index contributed by atoms with van der Waals surface area (Å²) in [4.78, 5) is 13.1. The zero-order valence-electron chi connectivity index (χ0n) is 16.2. The third kappa shape index (κ3) is 3.98. The predicted octanol–water partition coefficient (Wildman–Crippen LogP) is 1.22. The lowest BCUT2D eigenvalue weighted by Gasteiger charge is -2.13. The topological polar surface area (TPSA) is 130 Å². The maximum Gasteiger partial charge on any atom is 0.209 e. The van der Waals surface area contributed by atoms with Crippen molar-refractivity contribution in [2.45, 2.75) is 43.9 Å². The van der Waals surface area contributed by atoms with E-state index in [0.29, 0.717) is 29.9 Å². The minimum atomic E-state index is -1.08. The maximum atomic E-state index is 13.8. The molecule has 0 bridgehead atoms. The number of aromatic nitrogens is 4. The molecule has 0 aliphatic heterocycles. The van der Waals surface area contributed by atoms with Crippen molar-refractivity contribution in [3.8, 4) is 23.2 Å². The van der Waals surface area contributed by atoms with Gasteiger partial charge in [-0.25, -0.2) is 19.3 Å². The van der Waals surface area contributed by atoms with Crippen LogP contribution in [0, 0.1) is 17.7 Å². The fraction of sp³-hybridized carbons (Fsp3) is 0.381. The van der Waals surface area contributed by atoms with Crippen molar-refractivity contribution < 1.29 is 19.7 Å². The molecule has 156 valence electrons. The Bertz CT molecular complexity index is 1140. The van der Waals surface area contributed by atoms with Crippen LogP contribution in [0.25, 0.3) is 22.6 Å². The molecule has 1 aliphatic rings. The van der Waals surface area contributed by atoms with E-state index in [0.717, 1.165) is 12.8 Å². The van der Waals surface area contributed by atoms with Gasteiger partial charge in [-0.05, 0) is 43.7 Å². The van der Waals surface area contributed by atoms with Gasteiger partial charge in [0.2, 0.25) is 5.82 Å². The van der Waals surface area contributed by atoms with Crippen LogP contribution in [-0.4, -0.2) is 53.2 Å². The number of benzene rings is 1. The van der Waals surface area contributed by atoms with Gasteiger partial charge in [0.1, 0.15) is 17.2 Å². The first kappa shape index (κ1) is 20.2. The molecule has 30 heavy (non-hydrogen) atoms. The summed E-state index contributed by atoms with van der Waals surface area (Å²) in [6.45, 7) is -0.505. The fourth-order valence-corrected chi connectivity index (χ4v) is 3.62. The Labute approximate surface area is 172 Å². The van der Waals surface area contributed by atoms with E-state index in [9.17, 15) is 19.7 Å². The highest BCUT2D eigenvalue weighted by Crippen LogP contribution is 2.29. The molecule has 4 rings (SSSR count). The molecule has 0 radical (unpaired) electrons. The van der Waals surface area contributed by atoms with Gasteiger partial charge in [-0.2, -0.15) is 0 Å². The maximum absolute atomic E-state index is 13.8. The lowest BCUT2D eigenvalue weighted by Crippen LogP contribution is -2.21. The van der Waals surface area contributed by atoms with E-state index >= 15 is 0 Å². The first-order chi connectivity index (χ1) is 14.4. The average molecular weight is 411 g/mol. The van der Waals surface area contributed by atoms with Crippen LogP contribution in [0.5, 0.6) is 0 Å². The monoisotopic (exact) mass is 411 g/mol. The Balaban J connectivity index is 1.86. The Morgan fingerprint density at radius 1 is 1.23 bits per heavy atom. The number of hydrogen-bond donors (Lipinski definition) is 4. The molecular formula is C21H22FN5O3. The second-order valence-corrected chi connectivity index (χ2v) is 7.49. The van der Waals surface area contributed by atoms with E-state index in [1.807, 2.05) is 0 Å². The van der Waals surface area contributed by atoms with Crippen molar-refractivity contribution in [2.24, 2.45) is 0 Å². The summed E-state index contributed by atoms with van der Waals surface area (Å²) < 4.78 is 15.3. The lowest BCUT2D eigenvalue weighted by atomic mass is 10.0. The number of nitrogens with two attached hydrogens (primary N) is 1. The van der Waals surface area contributed by atoms with Crippen LogP contribution < -0.4 is 5.73 Å². The molecule has 1 aliphatic carbocycles. The molecule has 5 N–H and O–H groups in total. The number of anilines is 1. The minimum absolute atomic E-state index is 0.0356. The average Bonchev–Trinajstić information content (AvgIpc) is 3.31. The lowest BCUT2D eigenvalue weighted by molar-refractivity contribution is 0.0823. The van der Waals surface area contributed by atoms with Gasteiger partial charge in [-0.15, -0.1) is 0 Å². The molecule has 0 spiro atoms. The quantitative estimate of drug-likeness (QED) is 0.475. The van der Waals surface area contributed by atoms with Gasteiger partial charge in [0.05, 0.1) is 19.3 Å². The standard InChI is InChI=1S/C21H22FN5O3/c22-14-5-3-4-13(10-14)19-26-17-18(23)24-16(6-9-21(30)7-1-2-8-21)25-20(17)27(19)11-15(29)12-28/h3-5,10,15,28-30H,1-2,7-8,11-12H2,(H2,23,24,25). The van der Waals surface area contributed by atoms with Crippen LogP contribution in [0.3, 0.4) is 0 Å². The number of fused-ring (bicyclic) bond motifs is 1. The highest BCUT2D eigenvalue weighted by Gasteiger charge is 2.28. The molecule has 2 aromatic heterocycles. The van der Waals surface area contributed by atoms with Crippen LogP contribution in [0.2, 0.25) is 0 Å². The van der Waals surface area contributed by atoms with Crippen LogP contribution in [0.15, 0.2) is 24.3 Å². The number of hydrogen-bond acceptors (Lipinski definition) is 7. The number of aliphatic hydroxyl groups excluding tert-OH is 2. The molecule has 3 aromatic rings. The molecule has 1 fully saturated rings. The number of imidazole rings is 1. The minimum Gasteiger partial charge on any atom is -0.394 e. The van der Waals surface area contributed by atoms with Crippen molar-refractivity contribution in [2.75, 3.05) is 12.3 Å². The largest absolute Gasteiger partial charge is 0.394 e. The van der Waals surface area contributed by atoms with Crippen LogP contribution in [0.1, 0.15) is 31.5 Å². The van der Waals surface area contributed by atoms with E-state index in [-0.39, 0.29) is 23.7 Å². The van der Waals surface area contributed by atoms with Crippen molar-refractivity contribution in [3.05, 3.63) is 35.9 Å². The molecule has 0 saturated heterocycles. The molecule has 1 aromatic carbocycles. The van der Waals surface area contributed by atoms with Crippen LogP contribution in [-0.2, 0) is 6.54 Å². The second kappa shape index (κ2) is 7.99. The van der Waals surface area contributed by atoms with Crippen molar-refractivity contribution in [1.29, 1.82) is 0 Å². The van der Waals surface area contributed by atoms with E-state index in [2.05, 4.69) is 26.8 Å². The van der Waals surface area contributed by atoms with Gasteiger partial charge >= 0.3 is 0 Å². The number of aliphatic hydroxyl groups is 3. The Morgan fingerprint density at radius 2 is 2.00 bits per heavy atom. The molecule has 8 nitrogen and oxygen atoms in total. The molecule has 0 amide bonds. The summed E-state index contributed by atoms with van der Waals surface area (Å²) >= 11 is 0. The molecule has 1 saturated carbocycles. The van der Waals surface area contributed by atoms with Crippen molar-refractivity contribution in [1.82, 2.24) is 19.5 Å². The molecule has 9 heteroatoms. The van der Waals surface area contributed by atoms with E-state index in [1.54, 1.807) is 16.7 Å². The van der Waals surface area contributed by atoms with Gasteiger partial charge in [0.15, 0.2) is 17.0 Å². The third-order valence-electron chi connectivity index (χ3n) is 5.15. The Kier molecular flexibility index (Phi) is 5.39. The van der Waals surface area contributed by atoms with E-state index in [4.69, 9.17) is 5.73 Å². The second-order valence-electron chi connectivity index (χ2n) is 7.49. The number of rotatable bonds is 4. The zero-order chi connectivity index (χ0) is 21.3. The van der Waals surface area contributed by atoms with Gasteiger partial charge < -0.3 is 25.6 Å². The normalized spacial score (nSPS) is 16.4. The SMILES string of the molecule is Nc1nc(C#CC2(O)CCCC2)nc2c1nc(-c1cccc(F)c1)n2CC(O)CO. The third-order valence-corrected chi connectivity index (χ3v) is 5.15. The fourth-order valence-electron chi connectivity index (χ4n) is 3.62. The van der Waals surface area contributed by atoms with Gasteiger partial charge in [-0.1, -0.05) is 18.1 Å². The summed E-state index contributed by atoms with van der Waals surface area (Å²) in [5.41, 5.74) is 6.08. The number of halogens is 1. The van der Waals surface area contributed by atoms with Gasteiger partial charge in [0.25, 0.3) is 0 Å². The summed E-state index contributed by atoms with van der Waals surface area (Å²) in [7, 11) is 0. The molecule has 1 unspecified atom stereocenters. The van der Waals surface area contributed by atoms with E-state index < -0.39 is 24.1 Å². The van der Waals surface area contributed by atoms with Crippen LogP contribution >= 0.6 is 0 Å². The number of nitrogens with zero attached hydrogens (tertiary/aromatic N) is 4. The summed E-state index contributed by atoms with van der Waals surface area (Å²) in [5, 5.41) is 29.8. The first-order valence-electron chi connectivity index (χ1n) is 9.73. The highest BCUT2D eigenvalue weighted by atomic mass is 19.1. The zero-order valence-corrected chi connectivity index (χ0v) is 16.2. The first-order valence-corrected chi connectivity index (χ1v) is 9.73. The Morgan fingerprint density at radius 3 is 2.70 bits per heavy atom. The summed E-state index contributed by atoms with van der Waals surface area (Å²) in [5.74, 6) is 5.73. The van der Waals surface area contributed by atoms with Gasteiger partial charge in [-0.3, -0.25) is 0 Å². The molecule has 2 heterocycles. The smallest absolute Gasteiger partial charge is 0.209 e. The molecular weight excluding hydrogens is 389 g/mol. The highest BCUT2D eigenvalue weighted by molar-refractivity contribution is 5.85.